The monoisotopic (exact) mass is 220 g/mol. The first-order valence-electron chi connectivity index (χ1n) is 5.46. The van der Waals surface area contributed by atoms with E-state index in [1.54, 1.807) is 5.01 Å². The fourth-order valence-electron chi connectivity index (χ4n) is 2.27. The van der Waals surface area contributed by atoms with E-state index in [0.29, 0.717) is 32.4 Å². The number of hydrazine groups is 2. The molecule has 0 amide bonds. The fraction of sp³-hybridized carbons (Fsp3) is 1.00. The SMILES string of the molecule is NC1CN(CC2C(F)CCCC2F)NN1. The maximum absolute atomic E-state index is 13.5. The summed E-state index contributed by atoms with van der Waals surface area (Å²) < 4.78 is 27.0. The van der Waals surface area contributed by atoms with Crippen LogP contribution in [0.4, 0.5) is 8.78 Å². The number of alkyl halides is 2. The summed E-state index contributed by atoms with van der Waals surface area (Å²) in [4.78, 5) is 0. The van der Waals surface area contributed by atoms with Crippen LogP contribution >= 0.6 is 0 Å². The quantitative estimate of drug-likeness (QED) is 0.616. The highest BCUT2D eigenvalue weighted by Gasteiger charge is 2.36. The minimum atomic E-state index is -1.02. The smallest absolute Gasteiger partial charge is 0.107 e. The third kappa shape index (κ3) is 2.63. The Labute approximate surface area is 88.1 Å². The van der Waals surface area contributed by atoms with Crippen molar-refractivity contribution in [2.24, 2.45) is 11.7 Å². The third-order valence-electron chi connectivity index (χ3n) is 3.15. The van der Waals surface area contributed by atoms with Crippen LogP contribution in [0.3, 0.4) is 0 Å². The normalized spacial score (nSPS) is 43.4. The second-order valence-electron chi connectivity index (χ2n) is 4.39. The van der Waals surface area contributed by atoms with Gasteiger partial charge in [-0.25, -0.2) is 19.2 Å². The molecule has 4 N–H and O–H groups in total. The van der Waals surface area contributed by atoms with E-state index in [-0.39, 0.29) is 6.17 Å². The fourth-order valence-corrected chi connectivity index (χ4v) is 2.27. The number of nitrogens with zero attached hydrogens (tertiary/aromatic N) is 1. The molecule has 1 saturated heterocycles. The zero-order valence-electron chi connectivity index (χ0n) is 8.63. The van der Waals surface area contributed by atoms with Gasteiger partial charge in [0.1, 0.15) is 12.3 Å². The molecule has 1 heterocycles. The molecular weight excluding hydrogens is 202 g/mol. The van der Waals surface area contributed by atoms with E-state index in [1.807, 2.05) is 0 Å². The van der Waals surface area contributed by atoms with Gasteiger partial charge >= 0.3 is 0 Å². The molecule has 0 bridgehead atoms. The van der Waals surface area contributed by atoms with E-state index in [0.717, 1.165) is 0 Å². The summed E-state index contributed by atoms with van der Waals surface area (Å²) in [5, 5.41) is 1.75. The van der Waals surface area contributed by atoms with Crippen LogP contribution in [0.25, 0.3) is 0 Å². The first kappa shape index (κ1) is 11.2. The Hall–Kier alpha value is -0.300. The van der Waals surface area contributed by atoms with Gasteiger partial charge < -0.3 is 5.73 Å². The predicted octanol–water partition coefficient (Wildman–Crippen LogP) is 0.0723. The van der Waals surface area contributed by atoms with Crippen molar-refractivity contribution in [1.82, 2.24) is 16.0 Å². The second-order valence-corrected chi connectivity index (χ2v) is 4.39. The van der Waals surface area contributed by atoms with Crippen molar-refractivity contribution in [2.75, 3.05) is 13.1 Å². The number of rotatable bonds is 2. The van der Waals surface area contributed by atoms with Crippen LogP contribution in [0, 0.1) is 5.92 Å². The Balaban J connectivity index is 1.86. The van der Waals surface area contributed by atoms with Crippen molar-refractivity contribution in [3.8, 4) is 0 Å². The van der Waals surface area contributed by atoms with Gasteiger partial charge in [0.25, 0.3) is 0 Å². The standard InChI is InChI=1S/C9H18F2N4/c10-7-2-1-3-8(11)6(7)4-15-5-9(12)13-14-15/h6-9,13-14H,1-5,12H2. The molecule has 15 heavy (non-hydrogen) atoms. The van der Waals surface area contributed by atoms with E-state index in [1.165, 1.54) is 0 Å². The van der Waals surface area contributed by atoms with Crippen molar-refractivity contribution >= 4 is 0 Å². The zero-order valence-corrected chi connectivity index (χ0v) is 8.63. The lowest BCUT2D eigenvalue weighted by Crippen LogP contribution is -2.45. The van der Waals surface area contributed by atoms with Crippen molar-refractivity contribution in [1.29, 1.82) is 0 Å². The van der Waals surface area contributed by atoms with Crippen molar-refractivity contribution in [3.05, 3.63) is 0 Å². The van der Waals surface area contributed by atoms with Gasteiger partial charge in [0.2, 0.25) is 0 Å². The van der Waals surface area contributed by atoms with Crippen LogP contribution in [0.15, 0.2) is 0 Å². The lowest BCUT2D eigenvalue weighted by molar-refractivity contribution is 0.0389. The largest absolute Gasteiger partial charge is 0.314 e. The molecule has 4 nitrogen and oxygen atoms in total. The molecule has 3 atom stereocenters. The first-order chi connectivity index (χ1) is 7.16. The number of hydrogen-bond donors (Lipinski definition) is 3. The minimum absolute atomic E-state index is 0.162. The Morgan fingerprint density at radius 3 is 2.47 bits per heavy atom. The summed E-state index contributed by atoms with van der Waals surface area (Å²) in [5.74, 6) is -0.515. The van der Waals surface area contributed by atoms with Gasteiger partial charge in [0.15, 0.2) is 0 Å². The summed E-state index contributed by atoms with van der Waals surface area (Å²) in [5.41, 5.74) is 11.2. The lowest BCUT2D eigenvalue weighted by Gasteiger charge is -2.31. The molecular formula is C9H18F2N4. The number of halogens is 2. The van der Waals surface area contributed by atoms with Crippen LogP contribution < -0.4 is 16.7 Å². The summed E-state index contributed by atoms with van der Waals surface area (Å²) >= 11 is 0. The minimum Gasteiger partial charge on any atom is -0.314 e. The average Bonchev–Trinajstić information content (AvgIpc) is 2.58. The van der Waals surface area contributed by atoms with Gasteiger partial charge in [-0.1, -0.05) is 0 Å². The third-order valence-corrected chi connectivity index (χ3v) is 3.15. The van der Waals surface area contributed by atoms with Crippen LogP contribution in [-0.4, -0.2) is 36.6 Å². The molecule has 3 unspecified atom stereocenters. The van der Waals surface area contributed by atoms with Gasteiger partial charge in [0.05, 0.1) is 6.17 Å². The van der Waals surface area contributed by atoms with Crippen LogP contribution in [-0.2, 0) is 0 Å². The molecule has 2 rings (SSSR count). The predicted molar refractivity (Wildman–Crippen MR) is 53.0 cm³/mol. The summed E-state index contributed by atoms with van der Waals surface area (Å²) in [6.45, 7) is 0.957. The van der Waals surface area contributed by atoms with Gasteiger partial charge in [-0.15, -0.1) is 0 Å². The molecule has 1 aliphatic carbocycles. The first-order valence-corrected chi connectivity index (χ1v) is 5.46. The molecule has 2 fully saturated rings. The lowest BCUT2D eigenvalue weighted by atomic mass is 9.85. The molecule has 88 valence electrons. The van der Waals surface area contributed by atoms with E-state index < -0.39 is 18.3 Å². The van der Waals surface area contributed by atoms with E-state index in [4.69, 9.17) is 5.73 Å². The van der Waals surface area contributed by atoms with Gasteiger partial charge in [-0.2, -0.15) is 5.53 Å². The van der Waals surface area contributed by atoms with Crippen LogP contribution in [0.2, 0.25) is 0 Å². The van der Waals surface area contributed by atoms with Gasteiger partial charge in [0, 0.05) is 19.0 Å². The molecule has 0 aromatic carbocycles. The Bertz CT molecular complexity index is 206. The van der Waals surface area contributed by atoms with Crippen LogP contribution in [0.5, 0.6) is 0 Å². The molecule has 0 spiro atoms. The molecule has 0 aromatic heterocycles. The molecule has 0 radical (unpaired) electrons. The molecule has 1 aliphatic heterocycles. The number of nitrogens with one attached hydrogen (secondary N) is 2. The maximum Gasteiger partial charge on any atom is 0.107 e. The highest BCUT2D eigenvalue weighted by molar-refractivity contribution is 4.85. The number of hydrogen-bond acceptors (Lipinski definition) is 4. The van der Waals surface area contributed by atoms with E-state index >= 15 is 0 Å². The summed E-state index contributed by atoms with van der Waals surface area (Å²) in [6.07, 6.45) is -0.578. The van der Waals surface area contributed by atoms with Crippen molar-refractivity contribution < 1.29 is 8.78 Å². The second kappa shape index (κ2) is 4.69. The Morgan fingerprint density at radius 1 is 1.27 bits per heavy atom. The van der Waals surface area contributed by atoms with Gasteiger partial charge in [-0.05, 0) is 19.3 Å². The number of nitrogens with two attached hydrogens (primary N) is 1. The molecule has 2 aliphatic rings. The van der Waals surface area contributed by atoms with Gasteiger partial charge in [-0.3, -0.25) is 0 Å². The van der Waals surface area contributed by atoms with Crippen molar-refractivity contribution in [3.63, 3.8) is 0 Å². The highest BCUT2D eigenvalue weighted by atomic mass is 19.1. The molecule has 0 aromatic rings. The summed E-state index contributed by atoms with van der Waals surface area (Å²) in [7, 11) is 0. The van der Waals surface area contributed by atoms with Crippen LogP contribution in [0.1, 0.15) is 19.3 Å². The topological polar surface area (TPSA) is 53.3 Å². The molecule has 1 saturated carbocycles. The average molecular weight is 220 g/mol. The summed E-state index contributed by atoms with van der Waals surface area (Å²) in [6, 6.07) is 0. The van der Waals surface area contributed by atoms with E-state index in [9.17, 15) is 8.78 Å². The Kier molecular flexibility index (Phi) is 3.50. The molecule has 6 heteroatoms. The highest BCUT2D eigenvalue weighted by Crippen LogP contribution is 2.30. The Morgan fingerprint density at radius 2 is 1.93 bits per heavy atom. The van der Waals surface area contributed by atoms with Crippen molar-refractivity contribution in [2.45, 2.75) is 37.8 Å². The van der Waals surface area contributed by atoms with E-state index in [2.05, 4.69) is 11.0 Å². The maximum atomic E-state index is 13.5. The zero-order chi connectivity index (χ0) is 10.8.